The molecule has 116 valence electrons. The highest BCUT2D eigenvalue weighted by Crippen LogP contribution is 2.24. The lowest BCUT2D eigenvalue weighted by Gasteiger charge is -2.02. The Kier molecular flexibility index (Phi) is 3.66. The van der Waals surface area contributed by atoms with E-state index < -0.39 is 11.8 Å². The zero-order valence-corrected chi connectivity index (χ0v) is 12.3. The molecule has 0 spiro atoms. The normalized spacial score (nSPS) is 14.2. The number of hydrogen-bond acceptors (Lipinski definition) is 5. The molecule has 22 heavy (non-hydrogen) atoms. The molecule has 0 atom stereocenters. The van der Waals surface area contributed by atoms with E-state index in [4.69, 9.17) is 10.3 Å². The maximum Gasteiger partial charge on any atom is 0.279 e. The first kappa shape index (κ1) is 14.3. The molecule has 0 saturated carbocycles. The zero-order valence-electron chi connectivity index (χ0n) is 12.3. The predicted octanol–water partition coefficient (Wildman–Crippen LogP) is 1.03. The molecule has 1 aliphatic rings. The minimum absolute atomic E-state index is 0.130. The van der Waals surface area contributed by atoms with Crippen molar-refractivity contribution in [3.05, 3.63) is 28.8 Å². The van der Waals surface area contributed by atoms with E-state index in [9.17, 15) is 9.59 Å². The Hall–Kier alpha value is -2.64. The number of nitrogens with two attached hydrogens (primary N) is 1. The lowest BCUT2D eigenvalue weighted by atomic mass is 10.1. The maximum atomic E-state index is 12.4. The van der Waals surface area contributed by atoms with Gasteiger partial charge in [0.2, 0.25) is 0 Å². The lowest BCUT2D eigenvalue weighted by Crippen LogP contribution is -2.19. The average molecular weight is 303 g/mol. The van der Waals surface area contributed by atoms with Crippen molar-refractivity contribution in [1.29, 1.82) is 0 Å². The van der Waals surface area contributed by atoms with Crippen LogP contribution in [-0.2, 0) is 19.9 Å². The van der Waals surface area contributed by atoms with Gasteiger partial charge in [-0.25, -0.2) is 0 Å². The number of nitrogens with zero attached hydrogens (tertiary/aromatic N) is 3. The smallest absolute Gasteiger partial charge is 0.279 e. The molecular formula is C14H17N5O3. The summed E-state index contributed by atoms with van der Waals surface area (Å²) in [5.41, 5.74) is 6.55. The second kappa shape index (κ2) is 5.63. The van der Waals surface area contributed by atoms with Crippen LogP contribution in [0.5, 0.6) is 0 Å². The van der Waals surface area contributed by atoms with E-state index in [-0.39, 0.29) is 17.1 Å². The fraction of sp³-hybridized carbons (Fsp3) is 0.429. The molecule has 2 aromatic rings. The predicted molar refractivity (Wildman–Crippen MR) is 77.4 cm³/mol. The highest BCUT2D eigenvalue weighted by atomic mass is 16.5. The van der Waals surface area contributed by atoms with Crippen LogP contribution in [0.4, 0.5) is 5.82 Å². The molecule has 0 radical (unpaired) electrons. The van der Waals surface area contributed by atoms with Gasteiger partial charge in [-0.15, -0.1) is 0 Å². The van der Waals surface area contributed by atoms with E-state index in [2.05, 4.69) is 15.6 Å². The van der Waals surface area contributed by atoms with E-state index in [1.807, 2.05) is 0 Å². The third-order valence-electron chi connectivity index (χ3n) is 3.74. The summed E-state index contributed by atoms with van der Waals surface area (Å²) in [6.45, 7) is 0. The van der Waals surface area contributed by atoms with Crippen molar-refractivity contribution >= 4 is 17.6 Å². The molecule has 8 heteroatoms. The minimum atomic E-state index is -0.651. The maximum absolute atomic E-state index is 12.4. The summed E-state index contributed by atoms with van der Waals surface area (Å²) < 4.78 is 6.70. The molecule has 0 aliphatic heterocycles. The SMILES string of the molecule is Cn1cc(C(N)=O)c(NC(=O)c2noc3c2CCCCC3)n1. The Morgan fingerprint density at radius 1 is 1.32 bits per heavy atom. The van der Waals surface area contributed by atoms with Crippen molar-refractivity contribution in [3.8, 4) is 0 Å². The molecular weight excluding hydrogens is 286 g/mol. The van der Waals surface area contributed by atoms with Crippen LogP contribution in [0.1, 0.15) is 51.4 Å². The average Bonchev–Trinajstić information content (AvgIpc) is 2.95. The summed E-state index contributed by atoms with van der Waals surface area (Å²) in [4.78, 5) is 23.8. The Morgan fingerprint density at radius 3 is 2.86 bits per heavy atom. The quantitative estimate of drug-likeness (QED) is 0.821. The number of aromatic nitrogens is 3. The standard InChI is InChI=1S/C14H17N5O3/c1-19-7-9(12(15)20)13(17-19)16-14(21)11-8-5-3-2-4-6-10(8)22-18-11/h7H,2-6H2,1H3,(H2,15,20)(H,16,17,21). The van der Waals surface area contributed by atoms with Gasteiger partial charge in [-0.05, 0) is 19.3 Å². The van der Waals surface area contributed by atoms with Gasteiger partial charge in [0.1, 0.15) is 11.3 Å². The molecule has 0 unspecified atom stereocenters. The van der Waals surface area contributed by atoms with Crippen LogP contribution in [-0.4, -0.2) is 26.8 Å². The second-order valence-electron chi connectivity index (χ2n) is 5.38. The van der Waals surface area contributed by atoms with Crippen molar-refractivity contribution in [2.45, 2.75) is 32.1 Å². The van der Waals surface area contributed by atoms with Gasteiger partial charge in [-0.3, -0.25) is 14.3 Å². The molecule has 2 aromatic heterocycles. The van der Waals surface area contributed by atoms with Gasteiger partial charge in [0.25, 0.3) is 11.8 Å². The van der Waals surface area contributed by atoms with Crippen LogP contribution < -0.4 is 11.1 Å². The first-order chi connectivity index (χ1) is 10.6. The van der Waals surface area contributed by atoms with E-state index in [0.717, 1.165) is 43.4 Å². The Labute approximate surface area is 126 Å². The number of nitrogens with one attached hydrogen (secondary N) is 1. The third-order valence-corrected chi connectivity index (χ3v) is 3.74. The lowest BCUT2D eigenvalue weighted by molar-refractivity contribution is 0.100. The van der Waals surface area contributed by atoms with Crippen LogP contribution in [0.25, 0.3) is 0 Å². The third kappa shape index (κ3) is 2.59. The van der Waals surface area contributed by atoms with Crippen molar-refractivity contribution in [2.24, 2.45) is 12.8 Å². The van der Waals surface area contributed by atoms with Crippen molar-refractivity contribution in [2.75, 3.05) is 5.32 Å². The van der Waals surface area contributed by atoms with Crippen LogP contribution in [0.3, 0.4) is 0 Å². The molecule has 8 nitrogen and oxygen atoms in total. The zero-order chi connectivity index (χ0) is 15.7. The van der Waals surface area contributed by atoms with Crippen LogP contribution in [0, 0.1) is 0 Å². The first-order valence-corrected chi connectivity index (χ1v) is 7.18. The van der Waals surface area contributed by atoms with Crippen molar-refractivity contribution < 1.29 is 14.1 Å². The van der Waals surface area contributed by atoms with Gasteiger partial charge in [0.05, 0.1) is 0 Å². The first-order valence-electron chi connectivity index (χ1n) is 7.18. The number of anilines is 1. The Balaban J connectivity index is 1.87. The van der Waals surface area contributed by atoms with E-state index in [0.29, 0.717) is 0 Å². The van der Waals surface area contributed by atoms with Gasteiger partial charge < -0.3 is 15.6 Å². The van der Waals surface area contributed by atoms with E-state index >= 15 is 0 Å². The van der Waals surface area contributed by atoms with Crippen LogP contribution in [0.2, 0.25) is 0 Å². The number of rotatable bonds is 3. The number of hydrogen-bond donors (Lipinski definition) is 2. The number of carbonyl (C=O) groups excluding carboxylic acids is 2. The summed E-state index contributed by atoms with van der Waals surface area (Å²) in [5, 5.41) is 10.5. The van der Waals surface area contributed by atoms with Gasteiger partial charge in [0, 0.05) is 25.2 Å². The highest BCUT2D eigenvalue weighted by molar-refractivity contribution is 6.07. The number of aryl methyl sites for hydroxylation is 2. The van der Waals surface area contributed by atoms with E-state index in [1.165, 1.54) is 10.9 Å². The summed E-state index contributed by atoms with van der Waals surface area (Å²) in [6.07, 6.45) is 6.18. The molecule has 0 bridgehead atoms. The largest absolute Gasteiger partial charge is 0.365 e. The number of amides is 2. The highest BCUT2D eigenvalue weighted by Gasteiger charge is 2.25. The molecule has 0 aromatic carbocycles. The molecule has 0 saturated heterocycles. The van der Waals surface area contributed by atoms with Crippen LogP contribution >= 0.6 is 0 Å². The van der Waals surface area contributed by atoms with Gasteiger partial charge in [-0.2, -0.15) is 5.10 Å². The molecule has 2 amide bonds. The minimum Gasteiger partial charge on any atom is -0.365 e. The van der Waals surface area contributed by atoms with Gasteiger partial charge in [-0.1, -0.05) is 11.6 Å². The fourth-order valence-electron chi connectivity index (χ4n) is 2.67. The Bertz CT molecular complexity index is 731. The van der Waals surface area contributed by atoms with Crippen molar-refractivity contribution in [1.82, 2.24) is 14.9 Å². The molecule has 2 heterocycles. The molecule has 0 fully saturated rings. The summed E-state index contributed by atoms with van der Waals surface area (Å²) in [5.74, 6) is -0.181. The number of carbonyl (C=O) groups is 2. The van der Waals surface area contributed by atoms with Gasteiger partial charge in [0.15, 0.2) is 11.5 Å². The molecule has 3 rings (SSSR count). The molecule has 1 aliphatic carbocycles. The number of fused-ring (bicyclic) bond motifs is 1. The summed E-state index contributed by atoms with van der Waals surface area (Å²) in [7, 11) is 1.64. The fourth-order valence-corrected chi connectivity index (χ4v) is 2.67. The Morgan fingerprint density at radius 2 is 2.09 bits per heavy atom. The van der Waals surface area contributed by atoms with E-state index in [1.54, 1.807) is 7.05 Å². The monoisotopic (exact) mass is 303 g/mol. The van der Waals surface area contributed by atoms with Crippen molar-refractivity contribution in [3.63, 3.8) is 0 Å². The topological polar surface area (TPSA) is 116 Å². The summed E-state index contributed by atoms with van der Waals surface area (Å²) >= 11 is 0. The second-order valence-corrected chi connectivity index (χ2v) is 5.38. The van der Waals surface area contributed by atoms with Gasteiger partial charge >= 0.3 is 0 Å². The summed E-state index contributed by atoms with van der Waals surface area (Å²) in [6, 6.07) is 0. The molecule has 3 N–H and O–H groups in total. The number of primary amides is 1. The van der Waals surface area contributed by atoms with Crippen LogP contribution in [0.15, 0.2) is 10.7 Å².